The summed E-state index contributed by atoms with van der Waals surface area (Å²) in [6.07, 6.45) is 3.39. The van der Waals surface area contributed by atoms with Gasteiger partial charge in [-0.1, -0.05) is 24.3 Å². The zero-order valence-corrected chi connectivity index (χ0v) is 13.2. The molecule has 0 saturated heterocycles. The third-order valence-corrected chi connectivity index (χ3v) is 3.51. The molecule has 0 fully saturated rings. The molecule has 3 aromatic rings. The van der Waals surface area contributed by atoms with Gasteiger partial charge in [-0.15, -0.1) is 0 Å². The van der Waals surface area contributed by atoms with Crippen molar-refractivity contribution in [2.45, 2.75) is 6.54 Å². The van der Waals surface area contributed by atoms with E-state index >= 15 is 0 Å². The summed E-state index contributed by atoms with van der Waals surface area (Å²) >= 11 is 0. The average molecular weight is 320 g/mol. The molecule has 0 bridgehead atoms. The number of hydrogen-bond acceptors (Lipinski definition) is 4. The summed E-state index contributed by atoms with van der Waals surface area (Å²) in [5.41, 5.74) is 1.47. The fraction of sp³-hybridized carbons (Fsp3) is 0.111. The van der Waals surface area contributed by atoms with Crippen LogP contribution in [0.4, 0.5) is 0 Å². The molecule has 0 spiro atoms. The van der Waals surface area contributed by atoms with Crippen molar-refractivity contribution < 1.29 is 4.79 Å². The minimum atomic E-state index is -0.285. The number of nitrogens with zero attached hydrogens (tertiary/aromatic N) is 4. The van der Waals surface area contributed by atoms with E-state index in [-0.39, 0.29) is 17.2 Å². The zero-order chi connectivity index (χ0) is 16.9. The van der Waals surface area contributed by atoms with Crippen molar-refractivity contribution in [3.8, 4) is 5.69 Å². The van der Waals surface area contributed by atoms with Crippen LogP contribution in [0.15, 0.2) is 71.8 Å². The quantitative estimate of drug-likeness (QED) is 0.736. The van der Waals surface area contributed by atoms with Crippen molar-refractivity contribution in [1.29, 1.82) is 0 Å². The van der Waals surface area contributed by atoms with E-state index in [1.807, 2.05) is 30.3 Å². The van der Waals surface area contributed by atoms with Gasteiger partial charge in [0.25, 0.3) is 11.5 Å². The van der Waals surface area contributed by atoms with Gasteiger partial charge in [-0.3, -0.25) is 14.6 Å². The van der Waals surface area contributed by atoms with Gasteiger partial charge in [-0.2, -0.15) is 9.78 Å². The SMILES string of the molecule is CN(Cc1cccnc1)C(=O)c1ccc(=O)n(-c2ccccc2)n1. The largest absolute Gasteiger partial charge is 0.336 e. The van der Waals surface area contributed by atoms with Crippen molar-refractivity contribution in [1.82, 2.24) is 19.7 Å². The van der Waals surface area contributed by atoms with Crippen molar-refractivity contribution in [3.63, 3.8) is 0 Å². The summed E-state index contributed by atoms with van der Waals surface area (Å²) < 4.78 is 1.23. The van der Waals surface area contributed by atoms with E-state index in [2.05, 4.69) is 10.1 Å². The Hall–Kier alpha value is -3.28. The third kappa shape index (κ3) is 3.38. The van der Waals surface area contributed by atoms with E-state index in [1.54, 1.807) is 36.5 Å². The predicted molar refractivity (Wildman–Crippen MR) is 89.9 cm³/mol. The third-order valence-electron chi connectivity index (χ3n) is 3.51. The number of benzene rings is 1. The smallest absolute Gasteiger partial charge is 0.274 e. The molecule has 1 amide bonds. The maximum atomic E-state index is 12.6. The van der Waals surface area contributed by atoms with Gasteiger partial charge in [0.05, 0.1) is 5.69 Å². The van der Waals surface area contributed by atoms with E-state index in [4.69, 9.17) is 0 Å². The lowest BCUT2D eigenvalue weighted by atomic mass is 10.2. The van der Waals surface area contributed by atoms with E-state index in [0.29, 0.717) is 12.2 Å². The molecule has 6 nitrogen and oxygen atoms in total. The molecule has 0 aliphatic heterocycles. The first-order valence-electron chi connectivity index (χ1n) is 7.45. The van der Waals surface area contributed by atoms with Crippen LogP contribution in [0.1, 0.15) is 16.1 Å². The number of carbonyl (C=O) groups is 1. The summed E-state index contributed by atoms with van der Waals surface area (Å²) in [5, 5.41) is 4.20. The summed E-state index contributed by atoms with van der Waals surface area (Å²) in [7, 11) is 1.69. The standard InChI is InChI=1S/C18H16N4O2/c1-21(13-14-6-5-11-19-12-14)18(24)16-9-10-17(23)22(20-16)15-7-3-2-4-8-15/h2-12H,13H2,1H3. The minimum absolute atomic E-state index is 0.213. The number of pyridine rings is 1. The lowest BCUT2D eigenvalue weighted by molar-refractivity contribution is 0.0777. The second-order valence-electron chi connectivity index (χ2n) is 5.33. The Morgan fingerprint density at radius 1 is 1.08 bits per heavy atom. The highest BCUT2D eigenvalue weighted by atomic mass is 16.2. The summed E-state index contributed by atoms with van der Waals surface area (Å²) in [5.74, 6) is -0.261. The molecule has 0 radical (unpaired) electrons. The molecule has 0 saturated carbocycles. The molecule has 120 valence electrons. The van der Waals surface area contributed by atoms with Crippen LogP contribution in [0, 0.1) is 0 Å². The molecule has 2 heterocycles. The Morgan fingerprint density at radius 3 is 2.58 bits per heavy atom. The first-order chi connectivity index (χ1) is 11.6. The van der Waals surface area contributed by atoms with Crippen molar-refractivity contribution >= 4 is 5.91 Å². The van der Waals surface area contributed by atoms with Gasteiger partial charge in [-0.05, 0) is 29.8 Å². The second kappa shape index (κ2) is 6.87. The van der Waals surface area contributed by atoms with E-state index in [0.717, 1.165) is 5.56 Å². The first kappa shape index (κ1) is 15.6. The molecule has 2 aromatic heterocycles. The molecule has 6 heteroatoms. The molecule has 24 heavy (non-hydrogen) atoms. The highest BCUT2D eigenvalue weighted by Crippen LogP contribution is 2.07. The van der Waals surface area contributed by atoms with E-state index < -0.39 is 0 Å². The van der Waals surface area contributed by atoms with E-state index in [9.17, 15) is 9.59 Å². The van der Waals surface area contributed by atoms with Crippen molar-refractivity contribution in [2.24, 2.45) is 0 Å². The van der Waals surface area contributed by atoms with Gasteiger partial charge >= 0.3 is 0 Å². The number of para-hydroxylation sites is 1. The van der Waals surface area contributed by atoms with Crippen molar-refractivity contribution in [2.75, 3.05) is 7.05 Å². The van der Waals surface area contributed by atoms with Crippen LogP contribution in [0.5, 0.6) is 0 Å². The molecule has 0 unspecified atom stereocenters. The number of rotatable bonds is 4. The maximum Gasteiger partial charge on any atom is 0.274 e. The Balaban J connectivity index is 1.87. The molecule has 3 rings (SSSR count). The van der Waals surface area contributed by atoms with Gasteiger partial charge in [0.1, 0.15) is 5.69 Å². The predicted octanol–water partition coefficient (Wildman–Crippen LogP) is 1.90. The lowest BCUT2D eigenvalue weighted by Crippen LogP contribution is -2.30. The molecular formula is C18H16N4O2. The number of aromatic nitrogens is 3. The molecule has 0 atom stereocenters. The Kier molecular flexibility index (Phi) is 4.47. The minimum Gasteiger partial charge on any atom is -0.336 e. The molecule has 0 N–H and O–H groups in total. The normalized spacial score (nSPS) is 10.4. The fourth-order valence-corrected chi connectivity index (χ4v) is 2.31. The van der Waals surface area contributed by atoms with E-state index in [1.165, 1.54) is 16.8 Å². The van der Waals surface area contributed by atoms with Crippen LogP contribution in [0.2, 0.25) is 0 Å². The Morgan fingerprint density at radius 2 is 1.88 bits per heavy atom. The van der Waals surface area contributed by atoms with Crippen LogP contribution in [0.25, 0.3) is 5.69 Å². The number of carbonyl (C=O) groups excluding carboxylic acids is 1. The van der Waals surface area contributed by atoms with Crippen LogP contribution >= 0.6 is 0 Å². The van der Waals surface area contributed by atoms with Gasteiger partial charge < -0.3 is 4.90 Å². The van der Waals surface area contributed by atoms with Crippen LogP contribution in [-0.2, 0) is 6.54 Å². The summed E-state index contributed by atoms with van der Waals surface area (Å²) in [4.78, 5) is 30.2. The van der Waals surface area contributed by atoms with Gasteiger partial charge in [0, 0.05) is 32.1 Å². The highest BCUT2D eigenvalue weighted by molar-refractivity contribution is 5.91. The topological polar surface area (TPSA) is 68.1 Å². The molecular weight excluding hydrogens is 304 g/mol. The lowest BCUT2D eigenvalue weighted by Gasteiger charge is -2.17. The van der Waals surface area contributed by atoms with Crippen LogP contribution < -0.4 is 5.56 Å². The molecule has 0 aliphatic carbocycles. The number of amides is 1. The van der Waals surface area contributed by atoms with Gasteiger partial charge in [-0.25, -0.2) is 0 Å². The number of hydrogen-bond donors (Lipinski definition) is 0. The second-order valence-corrected chi connectivity index (χ2v) is 5.33. The maximum absolute atomic E-state index is 12.6. The molecule has 1 aromatic carbocycles. The van der Waals surface area contributed by atoms with Gasteiger partial charge in [0.2, 0.25) is 0 Å². The fourth-order valence-electron chi connectivity index (χ4n) is 2.31. The highest BCUT2D eigenvalue weighted by Gasteiger charge is 2.15. The summed E-state index contributed by atoms with van der Waals surface area (Å²) in [6, 6.07) is 15.5. The van der Waals surface area contributed by atoms with Crippen LogP contribution in [-0.4, -0.2) is 32.6 Å². The first-order valence-corrected chi connectivity index (χ1v) is 7.45. The Bertz CT molecular complexity index is 892. The van der Waals surface area contributed by atoms with Crippen LogP contribution in [0.3, 0.4) is 0 Å². The average Bonchev–Trinajstić information content (AvgIpc) is 2.63. The van der Waals surface area contributed by atoms with Gasteiger partial charge in [0.15, 0.2) is 0 Å². The monoisotopic (exact) mass is 320 g/mol. The van der Waals surface area contributed by atoms with Crippen molar-refractivity contribution in [3.05, 3.63) is 88.6 Å². The molecule has 0 aliphatic rings. The Labute approximate surface area is 139 Å². The zero-order valence-electron chi connectivity index (χ0n) is 13.2. The summed E-state index contributed by atoms with van der Waals surface area (Å²) in [6.45, 7) is 0.415.